The van der Waals surface area contributed by atoms with Gasteiger partial charge in [0.2, 0.25) is 0 Å². The lowest BCUT2D eigenvalue weighted by Gasteiger charge is -2.28. The van der Waals surface area contributed by atoms with Crippen LogP contribution in [-0.2, 0) is 6.54 Å². The van der Waals surface area contributed by atoms with Crippen molar-refractivity contribution in [2.45, 2.75) is 44.3 Å². The van der Waals surface area contributed by atoms with Crippen LogP contribution < -0.4 is 4.74 Å². The highest BCUT2D eigenvalue weighted by Gasteiger charge is 2.31. The second kappa shape index (κ2) is 7.18. The fourth-order valence-electron chi connectivity index (χ4n) is 2.91. The quantitative estimate of drug-likeness (QED) is 0.840. The zero-order valence-electron chi connectivity index (χ0n) is 12.4. The van der Waals surface area contributed by atoms with Gasteiger partial charge in [-0.25, -0.2) is 8.78 Å². The van der Waals surface area contributed by atoms with Gasteiger partial charge < -0.3 is 9.84 Å². The Balaban J connectivity index is 1.82. The van der Waals surface area contributed by atoms with E-state index < -0.39 is 18.6 Å². The molecule has 1 N–H and O–H groups in total. The number of aliphatic hydroxyl groups is 1. The number of alkyl halides is 2. The largest absolute Gasteiger partial charge is 0.488 e. The second-order valence-electron chi connectivity index (χ2n) is 5.95. The first-order valence-electron chi connectivity index (χ1n) is 7.38. The number of nitrogens with zero attached hydrogens (tertiary/aromatic N) is 1. The molecule has 1 fully saturated rings. The molecule has 0 spiro atoms. The van der Waals surface area contributed by atoms with Gasteiger partial charge in [0.15, 0.2) is 0 Å². The number of likely N-dealkylation sites (N-methyl/N-ethyl adjacent to an activating group) is 1. The van der Waals surface area contributed by atoms with Crippen molar-refractivity contribution in [2.24, 2.45) is 0 Å². The standard InChI is InChI=1S/C16H23F2NO2/c1-19(12-16(20)8-2-3-9-16)10-13-4-6-14(7-5-13)21-11-15(17)18/h4-7,15,20H,2-3,8-12H2,1H3. The summed E-state index contributed by atoms with van der Waals surface area (Å²) >= 11 is 0. The van der Waals surface area contributed by atoms with E-state index in [0.717, 1.165) is 37.8 Å². The highest BCUT2D eigenvalue weighted by molar-refractivity contribution is 5.27. The molecule has 1 aliphatic carbocycles. The van der Waals surface area contributed by atoms with Gasteiger partial charge in [0.25, 0.3) is 6.43 Å². The molecule has 1 saturated carbocycles. The fourth-order valence-corrected chi connectivity index (χ4v) is 2.91. The van der Waals surface area contributed by atoms with Crippen LogP contribution in [0.25, 0.3) is 0 Å². The Morgan fingerprint density at radius 2 is 1.86 bits per heavy atom. The summed E-state index contributed by atoms with van der Waals surface area (Å²) in [5.41, 5.74) is 0.526. The molecule has 21 heavy (non-hydrogen) atoms. The maximum absolute atomic E-state index is 12.0. The molecular weight excluding hydrogens is 276 g/mol. The second-order valence-corrected chi connectivity index (χ2v) is 5.95. The smallest absolute Gasteiger partial charge is 0.272 e. The topological polar surface area (TPSA) is 32.7 Å². The van der Waals surface area contributed by atoms with E-state index in [-0.39, 0.29) is 0 Å². The predicted molar refractivity (Wildman–Crippen MR) is 77.7 cm³/mol. The Bertz CT molecular complexity index is 430. The average molecular weight is 299 g/mol. The highest BCUT2D eigenvalue weighted by atomic mass is 19.3. The first-order valence-corrected chi connectivity index (χ1v) is 7.38. The Morgan fingerprint density at radius 1 is 1.24 bits per heavy atom. The normalized spacial score (nSPS) is 17.6. The van der Waals surface area contributed by atoms with E-state index >= 15 is 0 Å². The molecule has 1 aliphatic rings. The van der Waals surface area contributed by atoms with E-state index in [2.05, 4.69) is 4.90 Å². The van der Waals surface area contributed by atoms with Gasteiger partial charge in [0, 0.05) is 13.1 Å². The molecule has 0 unspecified atom stereocenters. The molecule has 5 heteroatoms. The summed E-state index contributed by atoms with van der Waals surface area (Å²) in [5.74, 6) is 0.455. The maximum atomic E-state index is 12.0. The Kier molecular flexibility index (Phi) is 5.53. The van der Waals surface area contributed by atoms with E-state index in [4.69, 9.17) is 4.74 Å². The molecule has 118 valence electrons. The van der Waals surface area contributed by atoms with E-state index in [1.807, 2.05) is 19.2 Å². The van der Waals surface area contributed by atoms with Crippen LogP contribution >= 0.6 is 0 Å². The van der Waals surface area contributed by atoms with Crippen molar-refractivity contribution >= 4 is 0 Å². The van der Waals surface area contributed by atoms with Gasteiger partial charge in [-0.2, -0.15) is 0 Å². The van der Waals surface area contributed by atoms with Gasteiger partial charge in [-0.15, -0.1) is 0 Å². The average Bonchev–Trinajstić information content (AvgIpc) is 2.84. The minimum absolute atomic E-state index is 0.455. The summed E-state index contributed by atoms with van der Waals surface area (Å²) in [6, 6.07) is 7.15. The van der Waals surface area contributed by atoms with Gasteiger partial charge in [-0.1, -0.05) is 25.0 Å². The first kappa shape index (κ1) is 16.2. The van der Waals surface area contributed by atoms with Crippen molar-refractivity contribution in [3.05, 3.63) is 29.8 Å². The van der Waals surface area contributed by atoms with Crippen molar-refractivity contribution in [3.63, 3.8) is 0 Å². The van der Waals surface area contributed by atoms with Crippen LogP contribution in [0.4, 0.5) is 8.78 Å². The van der Waals surface area contributed by atoms with Crippen LogP contribution in [0.2, 0.25) is 0 Å². The van der Waals surface area contributed by atoms with Gasteiger partial charge in [0.1, 0.15) is 12.4 Å². The van der Waals surface area contributed by atoms with Crippen molar-refractivity contribution in [2.75, 3.05) is 20.2 Å². The Hall–Kier alpha value is -1.20. The third-order valence-electron chi connectivity index (χ3n) is 3.85. The monoisotopic (exact) mass is 299 g/mol. The third kappa shape index (κ3) is 5.25. The van der Waals surface area contributed by atoms with Crippen LogP contribution in [0.3, 0.4) is 0 Å². The lowest BCUT2D eigenvalue weighted by atomic mass is 10.0. The predicted octanol–water partition coefficient (Wildman–Crippen LogP) is 3.07. The molecule has 0 aromatic heterocycles. The zero-order valence-corrected chi connectivity index (χ0v) is 12.4. The van der Waals surface area contributed by atoms with Gasteiger partial charge in [-0.05, 0) is 37.6 Å². The number of hydrogen-bond donors (Lipinski definition) is 1. The van der Waals surface area contributed by atoms with Crippen molar-refractivity contribution in [3.8, 4) is 5.75 Å². The van der Waals surface area contributed by atoms with E-state index in [0.29, 0.717) is 12.3 Å². The summed E-state index contributed by atoms with van der Waals surface area (Å²) < 4.78 is 29.0. The molecule has 0 aliphatic heterocycles. The van der Waals surface area contributed by atoms with Crippen LogP contribution in [0.1, 0.15) is 31.2 Å². The van der Waals surface area contributed by atoms with E-state index in [9.17, 15) is 13.9 Å². The number of benzene rings is 1. The lowest BCUT2D eigenvalue weighted by Crippen LogP contribution is -2.38. The van der Waals surface area contributed by atoms with Gasteiger partial charge >= 0.3 is 0 Å². The molecule has 0 bridgehead atoms. The number of rotatable bonds is 7. The minimum atomic E-state index is -2.46. The first-order chi connectivity index (χ1) is 9.97. The summed E-state index contributed by atoms with van der Waals surface area (Å²) in [5, 5.41) is 10.4. The van der Waals surface area contributed by atoms with E-state index in [1.54, 1.807) is 12.1 Å². The lowest BCUT2D eigenvalue weighted by molar-refractivity contribution is 0.0145. The van der Waals surface area contributed by atoms with Crippen LogP contribution in [-0.4, -0.2) is 42.2 Å². The van der Waals surface area contributed by atoms with Crippen LogP contribution in [0.5, 0.6) is 5.75 Å². The van der Waals surface area contributed by atoms with Gasteiger partial charge in [-0.3, -0.25) is 4.90 Å². The highest BCUT2D eigenvalue weighted by Crippen LogP contribution is 2.30. The minimum Gasteiger partial charge on any atom is -0.488 e. The van der Waals surface area contributed by atoms with Crippen LogP contribution in [0, 0.1) is 0 Å². The summed E-state index contributed by atoms with van der Waals surface area (Å²) in [6.45, 7) is 0.806. The molecule has 3 nitrogen and oxygen atoms in total. The molecule has 0 amide bonds. The molecule has 1 aromatic rings. The maximum Gasteiger partial charge on any atom is 0.272 e. The van der Waals surface area contributed by atoms with Crippen LogP contribution in [0.15, 0.2) is 24.3 Å². The van der Waals surface area contributed by atoms with Crippen molar-refractivity contribution in [1.82, 2.24) is 4.90 Å². The number of hydrogen-bond acceptors (Lipinski definition) is 3. The SMILES string of the molecule is CN(Cc1ccc(OCC(F)F)cc1)CC1(O)CCCC1. The van der Waals surface area contributed by atoms with Crippen molar-refractivity contribution < 1.29 is 18.6 Å². The van der Waals surface area contributed by atoms with E-state index in [1.165, 1.54) is 0 Å². The zero-order chi connectivity index (χ0) is 15.3. The van der Waals surface area contributed by atoms with Crippen molar-refractivity contribution in [1.29, 1.82) is 0 Å². The molecule has 0 radical (unpaired) electrons. The molecule has 0 saturated heterocycles. The molecule has 0 heterocycles. The molecule has 2 rings (SSSR count). The summed E-state index contributed by atoms with van der Waals surface area (Å²) in [4.78, 5) is 2.10. The van der Waals surface area contributed by atoms with Gasteiger partial charge in [0.05, 0.1) is 5.60 Å². The third-order valence-corrected chi connectivity index (χ3v) is 3.85. The molecular formula is C16H23F2NO2. The summed E-state index contributed by atoms with van der Waals surface area (Å²) in [6.07, 6.45) is 1.49. The molecule has 1 aromatic carbocycles. The molecule has 0 atom stereocenters. The Morgan fingerprint density at radius 3 is 2.43 bits per heavy atom. The Labute approximate surface area is 124 Å². The fraction of sp³-hybridized carbons (Fsp3) is 0.625. The number of ether oxygens (including phenoxy) is 1. The summed E-state index contributed by atoms with van der Waals surface area (Å²) in [7, 11) is 1.98. The number of halogens is 2.